The van der Waals surface area contributed by atoms with E-state index < -0.39 is 29.4 Å². The molecule has 3 saturated heterocycles. The third kappa shape index (κ3) is 5.23. The molecule has 2 aromatic rings. The Morgan fingerprint density at radius 1 is 0.921 bits per heavy atom. The Morgan fingerprint density at radius 3 is 2.08 bits per heavy atom. The maximum atomic E-state index is 15.3. The van der Waals surface area contributed by atoms with Crippen LogP contribution in [0.3, 0.4) is 0 Å². The lowest BCUT2D eigenvalue weighted by molar-refractivity contribution is -0.133. The zero-order valence-corrected chi connectivity index (χ0v) is 21.8. The molecular weight excluding hydrogens is 521 g/mol. The number of hydrogen-bond acceptors (Lipinski definition) is 6. The van der Waals surface area contributed by atoms with Crippen LogP contribution in [-0.2, 0) is 9.59 Å². The number of carbonyl (C=O) groups excluding carboxylic acids is 2. The molecule has 11 heteroatoms. The number of ether oxygens (including phenoxy) is 1. The van der Waals surface area contributed by atoms with Crippen molar-refractivity contribution in [2.45, 2.75) is 44.6 Å². The molecule has 0 bridgehead atoms. The average molecular weight is 551 g/mol. The molecule has 3 aliphatic heterocycles. The fourth-order valence-electron chi connectivity index (χ4n) is 5.78. The topological polar surface area (TPSA) is 73.9 Å². The minimum atomic E-state index is -0.648. The predicted octanol–water partition coefficient (Wildman–Crippen LogP) is 4.87. The van der Waals surface area contributed by atoms with Gasteiger partial charge in [-0.05, 0) is 43.6 Å². The number of nitrogens with one attached hydrogen (secondary N) is 2. The second-order valence-electron chi connectivity index (χ2n) is 10.3. The van der Waals surface area contributed by atoms with Crippen LogP contribution in [0.1, 0.15) is 38.5 Å². The third-order valence-corrected chi connectivity index (χ3v) is 8.45. The van der Waals surface area contributed by atoms with E-state index in [0.717, 1.165) is 37.8 Å². The first-order chi connectivity index (χ1) is 18.2. The maximum absolute atomic E-state index is 15.3. The molecule has 0 radical (unpaired) electrons. The van der Waals surface area contributed by atoms with Gasteiger partial charge in [0.05, 0.1) is 29.2 Å². The monoisotopic (exact) mass is 550 g/mol. The number of piperidine rings is 3. The summed E-state index contributed by atoms with van der Waals surface area (Å²) in [6, 6.07) is 4.50. The predicted molar refractivity (Wildman–Crippen MR) is 139 cm³/mol. The van der Waals surface area contributed by atoms with Gasteiger partial charge < -0.3 is 19.9 Å². The molecule has 2 aromatic carbocycles. The zero-order valence-electron chi connectivity index (χ0n) is 21.1. The number of imide groups is 1. The number of benzene rings is 2. The summed E-state index contributed by atoms with van der Waals surface area (Å²) in [7, 11) is 1.49. The van der Waals surface area contributed by atoms with E-state index in [4.69, 9.17) is 16.3 Å². The number of rotatable bonds is 5. The van der Waals surface area contributed by atoms with E-state index in [2.05, 4.69) is 10.6 Å². The third-order valence-electron chi connectivity index (χ3n) is 8.16. The number of halogens is 4. The largest absolute Gasteiger partial charge is 0.495 e. The molecule has 2 N–H and O–H groups in total. The van der Waals surface area contributed by atoms with Crippen LogP contribution in [0.4, 0.5) is 30.2 Å². The molecule has 1 unspecified atom stereocenters. The van der Waals surface area contributed by atoms with Crippen molar-refractivity contribution in [1.82, 2.24) is 5.32 Å². The average Bonchev–Trinajstić information content (AvgIpc) is 2.89. The zero-order chi connectivity index (χ0) is 27.0. The summed E-state index contributed by atoms with van der Waals surface area (Å²) in [5, 5.41) is 5.07. The van der Waals surface area contributed by atoms with Crippen LogP contribution in [0.2, 0.25) is 5.02 Å². The minimum absolute atomic E-state index is 0.0717. The van der Waals surface area contributed by atoms with E-state index in [1.165, 1.54) is 13.2 Å². The minimum Gasteiger partial charge on any atom is -0.495 e. The van der Waals surface area contributed by atoms with Crippen LogP contribution in [0.5, 0.6) is 5.75 Å². The van der Waals surface area contributed by atoms with Gasteiger partial charge >= 0.3 is 0 Å². The highest BCUT2D eigenvalue weighted by Crippen LogP contribution is 2.44. The summed E-state index contributed by atoms with van der Waals surface area (Å²) in [4.78, 5) is 27.4. The number of amides is 2. The van der Waals surface area contributed by atoms with E-state index in [1.807, 2.05) is 9.80 Å². The molecular formula is C27H30ClF3N4O3. The molecule has 2 amide bonds. The molecule has 204 valence electrons. The lowest BCUT2D eigenvalue weighted by atomic mass is 9.71. The highest BCUT2D eigenvalue weighted by Gasteiger charge is 2.39. The summed E-state index contributed by atoms with van der Waals surface area (Å²) in [5.41, 5.74) is 1.10. The maximum Gasteiger partial charge on any atom is 0.249 e. The first kappa shape index (κ1) is 26.5. The number of carbonyl (C=O) groups is 2. The Bertz CT molecular complexity index is 1240. The van der Waals surface area contributed by atoms with Gasteiger partial charge in [0.2, 0.25) is 11.8 Å². The molecule has 3 fully saturated rings. The molecule has 1 spiro atoms. The molecule has 7 nitrogen and oxygen atoms in total. The second kappa shape index (κ2) is 10.6. The van der Waals surface area contributed by atoms with Crippen molar-refractivity contribution in [3.8, 4) is 5.75 Å². The van der Waals surface area contributed by atoms with E-state index in [1.54, 1.807) is 6.07 Å². The molecule has 1 atom stereocenters. The Labute approximate surface area is 224 Å². The molecule has 38 heavy (non-hydrogen) atoms. The normalized spacial score (nSPS) is 21.4. The van der Waals surface area contributed by atoms with Crippen molar-refractivity contribution in [1.29, 1.82) is 0 Å². The Morgan fingerprint density at radius 2 is 1.50 bits per heavy atom. The number of nitrogens with zero attached hydrogens (tertiary/aromatic N) is 2. The van der Waals surface area contributed by atoms with Crippen LogP contribution < -0.4 is 25.2 Å². The summed E-state index contributed by atoms with van der Waals surface area (Å²) in [5.74, 6) is -1.93. The molecule has 0 aliphatic carbocycles. The van der Waals surface area contributed by atoms with Crippen molar-refractivity contribution < 1.29 is 27.5 Å². The van der Waals surface area contributed by atoms with Crippen molar-refractivity contribution in [2.24, 2.45) is 5.41 Å². The SMILES string of the molecule is COc1cc(N2CCC3(CCN(c4cc(F)c(Cl)cc4F)CC3)CC2)c(F)cc1NC1CCC(=O)NC1=O. The number of hydrogen-bond donors (Lipinski definition) is 2. The van der Waals surface area contributed by atoms with Gasteiger partial charge in [-0.1, -0.05) is 11.6 Å². The van der Waals surface area contributed by atoms with Gasteiger partial charge in [-0.3, -0.25) is 14.9 Å². The molecule has 0 aromatic heterocycles. The number of methoxy groups -OCH3 is 1. The Balaban J connectivity index is 1.23. The first-order valence-corrected chi connectivity index (χ1v) is 13.2. The van der Waals surface area contributed by atoms with Crippen LogP contribution in [-0.4, -0.2) is 51.1 Å². The van der Waals surface area contributed by atoms with Crippen molar-refractivity contribution in [3.63, 3.8) is 0 Å². The highest BCUT2D eigenvalue weighted by molar-refractivity contribution is 6.30. The fourth-order valence-corrected chi connectivity index (χ4v) is 5.93. The molecule has 3 heterocycles. The second-order valence-corrected chi connectivity index (χ2v) is 10.8. The van der Waals surface area contributed by atoms with Gasteiger partial charge in [0.15, 0.2) is 0 Å². The molecule has 3 aliphatic rings. The molecule has 0 saturated carbocycles. The lowest BCUT2D eigenvalue weighted by Crippen LogP contribution is -2.47. The van der Waals surface area contributed by atoms with E-state index in [0.29, 0.717) is 49.7 Å². The van der Waals surface area contributed by atoms with Crippen molar-refractivity contribution in [3.05, 3.63) is 46.7 Å². The van der Waals surface area contributed by atoms with Crippen molar-refractivity contribution >= 4 is 40.5 Å². The van der Waals surface area contributed by atoms with E-state index >= 15 is 4.39 Å². The quantitative estimate of drug-likeness (QED) is 0.409. The Kier molecular flexibility index (Phi) is 7.35. The Hall–Kier alpha value is -3.14. The standard InChI is InChI=1S/C27H30ClF3N4O3/c1-38-24-15-23(19(31)13-21(24)32-20-2-3-25(36)33-26(20)37)35-10-6-27(7-11-35)4-8-34(9-5-27)22-14-17(29)16(28)12-18(22)30/h12-15,20,32H,2-11H2,1H3,(H,33,36,37). The van der Waals surface area contributed by atoms with Crippen LogP contribution in [0.25, 0.3) is 0 Å². The highest BCUT2D eigenvalue weighted by atomic mass is 35.5. The summed E-state index contributed by atoms with van der Waals surface area (Å²) in [6.45, 7) is 2.54. The van der Waals surface area contributed by atoms with Gasteiger partial charge in [0.25, 0.3) is 0 Å². The van der Waals surface area contributed by atoms with Crippen LogP contribution in [0, 0.1) is 22.9 Å². The summed E-state index contributed by atoms with van der Waals surface area (Å²) >= 11 is 5.70. The fraction of sp³-hybridized carbons (Fsp3) is 0.481. The van der Waals surface area contributed by atoms with E-state index in [9.17, 15) is 18.4 Å². The summed E-state index contributed by atoms with van der Waals surface area (Å²) in [6.07, 6.45) is 3.93. The first-order valence-electron chi connectivity index (χ1n) is 12.8. The van der Waals surface area contributed by atoms with Gasteiger partial charge in [0, 0.05) is 50.8 Å². The van der Waals surface area contributed by atoms with Crippen molar-refractivity contribution in [2.75, 3.05) is 48.4 Å². The number of anilines is 3. The smallest absolute Gasteiger partial charge is 0.249 e. The van der Waals surface area contributed by atoms with Gasteiger partial charge in [-0.25, -0.2) is 13.2 Å². The van der Waals surface area contributed by atoms with Crippen LogP contribution in [0.15, 0.2) is 24.3 Å². The molecule has 5 rings (SSSR count). The summed E-state index contributed by atoms with van der Waals surface area (Å²) < 4.78 is 49.1. The van der Waals surface area contributed by atoms with Gasteiger partial charge in [0.1, 0.15) is 29.2 Å². The van der Waals surface area contributed by atoms with Gasteiger partial charge in [-0.15, -0.1) is 0 Å². The lowest BCUT2D eigenvalue weighted by Gasteiger charge is -2.48. The van der Waals surface area contributed by atoms with Gasteiger partial charge in [-0.2, -0.15) is 0 Å². The van der Waals surface area contributed by atoms with Crippen LogP contribution >= 0.6 is 11.6 Å². The van der Waals surface area contributed by atoms with E-state index in [-0.39, 0.29) is 28.5 Å².